The van der Waals surface area contributed by atoms with Crippen LogP contribution in [0.1, 0.15) is 49.8 Å². The van der Waals surface area contributed by atoms with Crippen LogP contribution in [-0.2, 0) is 18.4 Å². The van der Waals surface area contributed by atoms with Crippen molar-refractivity contribution in [2.24, 2.45) is 13.0 Å². The van der Waals surface area contributed by atoms with Crippen LogP contribution in [0.4, 0.5) is 0 Å². The fourth-order valence-electron chi connectivity index (χ4n) is 4.06. The maximum Gasteiger partial charge on any atom is 0.222 e. The van der Waals surface area contributed by atoms with Gasteiger partial charge >= 0.3 is 0 Å². The number of nitrogens with zero attached hydrogens (tertiary/aromatic N) is 4. The third-order valence-corrected chi connectivity index (χ3v) is 5.95. The van der Waals surface area contributed by atoms with Crippen molar-refractivity contribution in [1.29, 1.82) is 0 Å². The lowest BCUT2D eigenvalue weighted by molar-refractivity contribution is -0.130. The largest absolute Gasteiger partial charge is 0.343 e. The summed E-state index contributed by atoms with van der Waals surface area (Å²) in [6, 6.07) is 0. The lowest BCUT2D eigenvalue weighted by atomic mass is 9.93. The fraction of sp³-hybridized carbons (Fsp3) is 0.778. The topological polar surface area (TPSA) is 41.4 Å². The van der Waals surface area contributed by atoms with Gasteiger partial charge in [-0.3, -0.25) is 14.4 Å². The number of aryl methyl sites for hydroxylation is 2. The summed E-state index contributed by atoms with van der Waals surface area (Å²) in [7, 11) is 1.89. The molecule has 0 aliphatic carbocycles. The number of carbonyl (C=O) groups excluding carboxylic acids is 1. The third kappa shape index (κ3) is 4.12. The van der Waals surface area contributed by atoms with Gasteiger partial charge in [-0.1, -0.05) is 11.6 Å². The molecule has 0 N–H and O–H groups in total. The van der Waals surface area contributed by atoms with Gasteiger partial charge in [-0.15, -0.1) is 0 Å². The standard InChI is InChI=1S/C18H29ClN4O/c1-14-16(18(19)21(2)20-14)13-22-9-5-6-15(12-22)7-8-17(24)23-10-3-4-11-23/h15H,3-13H2,1-2H3/t15-/m1/s1. The van der Waals surface area contributed by atoms with Gasteiger partial charge in [0.1, 0.15) is 5.15 Å². The summed E-state index contributed by atoms with van der Waals surface area (Å²) < 4.78 is 1.75. The molecule has 2 aliphatic rings. The number of hydrogen-bond acceptors (Lipinski definition) is 3. The highest BCUT2D eigenvalue weighted by Crippen LogP contribution is 2.26. The first-order chi connectivity index (χ1) is 11.5. The van der Waals surface area contributed by atoms with Crippen molar-refractivity contribution < 1.29 is 4.79 Å². The highest BCUT2D eigenvalue weighted by Gasteiger charge is 2.24. The lowest BCUT2D eigenvalue weighted by Gasteiger charge is -2.33. The number of rotatable bonds is 5. The van der Waals surface area contributed by atoms with Gasteiger partial charge < -0.3 is 4.90 Å². The summed E-state index contributed by atoms with van der Waals surface area (Å²) in [5, 5.41) is 5.16. The van der Waals surface area contributed by atoms with Crippen molar-refractivity contribution >= 4 is 17.5 Å². The van der Waals surface area contributed by atoms with Crippen LogP contribution in [-0.4, -0.2) is 51.7 Å². The number of amides is 1. The first-order valence-electron chi connectivity index (χ1n) is 9.22. The second kappa shape index (κ2) is 7.87. The van der Waals surface area contributed by atoms with Crippen molar-refractivity contribution in [3.8, 4) is 0 Å². The zero-order valence-electron chi connectivity index (χ0n) is 14.9. The zero-order chi connectivity index (χ0) is 17.1. The van der Waals surface area contributed by atoms with E-state index in [9.17, 15) is 4.79 Å². The molecule has 6 heteroatoms. The van der Waals surface area contributed by atoms with E-state index in [4.69, 9.17) is 11.6 Å². The first kappa shape index (κ1) is 17.7. The van der Waals surface area contributed by atoms with Gasteiger partial charge in [0.2, 0.25) is 5.91 Å². The molecule has 2 aliphatic heterocycles. The predicted octanol–water partition coefficient (Wildman–Crippen LogP) is 3.00. The van der Waals surface area contributed by atoms with E-state index in [1.54, 1.807) is 4.68 Å². The Hall–Kier alpha value is -1.07. The maximum atomic E-state index is 12.2. The van der Waals surface area contributed by atoms with E-state index in [1.165, 1.54) is 25.7 Å². The smallest absolute Gasteiger partial charge is 0.222 e. The molecule has 2 fully saturated rings. The van der Waals surface area contributed by atoms with E-state index >= 15 is 0 Å². The van der Waals surface area contributed by atoms with E-state index in [2.05, 4.69) is 10.00 Å². The van der Waals surface area contributed by atoms with Crippen LogP contribution >= 0.6 is 11.6 Å². The Morgan fingerprint density at radius 2 is 2.00 bits per heavy atom. The van der Waals surface area contributed by atoms with Crippen LogP contribution < -0.4 is 0 Å². The third-order valence-electron chi connectivity index (χ3n) is 5.48. The Labute approximate surface area is 149 Å². The van der Waals surface area contributed by atoms with Crippen LogP contribution in [0.5, 0.6) is 0 Å². The van der Waals surface area contributed by atoms with Gasteiger partial charge in [-0.2, -0.15) is 5.10 Å². The van der Waals surface area contributed by atoms with E-state index in [1.807, 2.05) is 18.9 Å². The van der Waals surface area contributed by atoms with Crippen LogP contribution in [0, 0.1) is 12.8 Å². The number of piperidine rings is 1. The second-order valence-electron chi connectivity index (χ2n) is 7.35. The van der Waals surface area contributed by atoms with Crippen molar-refractivity contribution in [2.45, 2.75) is 52.0 Å². The Morgan fingerprint density at radius 1 is 1.25 bits per heavy atom. The van der Waals surface area contributed by atoms with Gasteiger partial charge in [0.25, 0.3) is 0 Å². The molecule has 0 bridgehead atoms. The molecule has 5 nitrogen and oxygen atoms in total. The molecule has 134 valence electrons. The summed E-state index contributed by atoms with van der Waals surface area (Å²) in [5.41, 5.74) is 2.17. The number of hydrogen-bond donors (Lipinski definition) is 0. The summed E-state index contributed by atoms with van der Waals surface area (Å²) in [5.74, 6) is 0.983. The van der Waals surface area contributed by atoms with E-state index in [0.29, 0.717) is 18.2 Å². The molecule has 0 spiro atoms. The van der Waals surface area contributed by atoms with E-state index in [0.717, 1.165) is 55.6 Å². The molecule has 2 saturated heterocycles. The number of carbonyl (C=O) groups is 1. The number of likely N-dealkylation sites (tertiary alicyclic amines) is 2. The highest BCUT2D eigenvalue weighted by molar-refractivity contribution is 6.30. The molecular weight excluding hydrogens is 324 g/mol. The first-order valence-corrected chi connectivity index (χ1v) is 9.60. The lowest BCUT2D eigenvalue weighted by Crippen LogP contribution is -2.36. The average Bonchev–Trinajstić information content (AvgIpc) is 3.18. The molecule has 3 heterocycles. The minimum absolute atomic E-state index is 0.357. The summed E-state index contributed by atoms with van der Waals surface area (Å²) in [4.78, 5) is 16.8. The molecule has 1 atom stereocenters. The molecule has 1 aromatic rings. The summed E-state index contributed by atoms with van der Waals surface area (Å²) in [6.45, 7) is 7.01. The van der Waals surface area contributed by atoms with Gasteiger partial charge in [0.15, 0.2) is 0 Å². The van der Waals surface area contributed by atoms with Crippen LogP contribution in [0.15, 0.2) is 0 Å². The van der Waals surface area contributed by atoms with Gasteiger partial charge in [0, 0.05) is 45.2 Å². The van der Waals surface area contributed by atoms with E-state index in [-0.39, 0.29) is 0 Å². The SMILES string of the molecule is Cc1nn(C)c(Cl)c1CN1CCC[C@H](CCC(=O)N2CCCC2)C1. The fourth-order valence-corrected chi connectivity index (χ4v) is 4.29. The normalized spacial score (nSPS) is 22.3. The molecule has 0 aromatic carbocycles. The molecule has 1 amide bonds. The molecular formula is C18H29ClN4O. The Balaban J connectivity index is 1.50. The molecule has 0 saturated carbocycles. The predicted molar refractivity (Wildman–Crippen MR) is 96.0 cm³/mol. The van der Waals surface area contributed by atoms with E-state index < -0.39 is 0 Å². The van der Waals surface area contributed by atoms with Crippen LogP contribution in [0.3, 0.4) is 0 Å². The van der Waals surface area contributed by atoms with Crippen molar-refractivity contribution in [1.82, 2.24) is 19.6 Å². The van der Waals surface area contributed by atoms with Crippen molar-refractivity contribution in [3.05, 3.63) is 16.4 Å². The van der Waals surface area contributed by atoms with Crippen molar-refractivity contribution in [2.75, 3.05) is 26.2 Å². The summed E-state index contributed by atoms with van der Waals surface area (Å²) in [6.07, 6.45) is 6.53. The summed E-state index contributed by atoms with van der Waals surface area (Å²) >= 11 is 6.37. The molecule has 3 rings (SSSR count). The molecule has 0 unspecified atom stereocenters. The number of halogens is 1. The van der Waals surface area contributed by atoms with Gasteiger partial charge in [-0.05, 0) is 51.5 Å². The average molecular weight is 353 g/mol. The Morgan fingerprint density at radius 3 is 2.67 bits per heavy atom. The van der Waals surface area contributed by atoms with Gasteiger partial charge in [0.05, 0.1) is 5.69 Å². The quantitative estimate of drug-likeness (QED) is 0.818. The van der Waals surface area contributed by atoms with Crippen molar-refractivity contribution in [3.63, 3.8) is 0 Å². The zero-order valence-corrected chi connectivity index (χ0v) is 15.7. The van der Waals surface area contributed by atoms with Gasteiger partial charge in [-0.25, -0.2) is 0 Å². The number of aromatic nitrogens is 2. The van der Waals surface area contributed by atoms with Crippen LogP contribution in [0.25, 0.3) is 0 Å². The Kier molecular flexibility index (Phi) is 5.82. The second-order valence-corrected chi connectivity index (χ2v) is 7.71. The minimum atomic E-state index is 0.357. The monoisotopic (exact) mass is 352 g/mol. The maximum absolute atomic E-state index is 12.2. The molecule has 1 aromatic heterocycles. The molecule has 0 radical (unpaired) electrons. The van der Waals surface area contributed by atoms with Crippen LogP contribution in [0.2, 0.25) is 5.15 Å². The molecule has 24 heavy (non-hydrogen) atoms. The Bertz CT molecular complexity index is 580. The highest BCUT2D eigenvalue weighted by atomic mass is 35.5. The minimum Gasteiger partial charge on any atom is -0.343 e.